The first-order chi connectivity index (χ1) is 11.5. The van der Waals surface area contributed by atoms with E-state index in [1.165, 1.54) is 15.7 Å². The molecule has 1 aromatic carbocycles. The smallest absolute Gasteiger partial charge is 0.275 e. The Kier molecular flexibility index (Phi) is 3.33. The first-order valence-corrected chi connectivity index (χ1v) is 8.47. The van der Waals surface area contributed by atoms with Gasteiger partial charge in [0.05, 0.1) is 5.39 Å². The summed E-state index contributed by atoms with van der Waals surface area (Å²) < 4.78 is 1.35. The van der Waals surface area contributed by atoms with E-state index < -0.39 is 0 Å². The summed E-state index contributed by atoms with van der Waals surface area (Å²) in [7, 11) is 0. The molecule has 4 rings (SSSR count). The summed E-state index contributed by atoms with van der Waals surface area (Å²) in [5.74, 6) is 0.263. The average Bonchev–Trinajstić information content (AvgIpc) is 2.99. The minimum Gasteiger partial charge on any atom is -0.290 e. The lowest BCUT2D eigenvalue weighted by atomic mass is 10.2. The molecule has 1 N–H and O–H groups in total. The van der Waals surface area contributed by atoms with Gasteiger partial charge < -0.3 is 0 Å². The number of nitrogens with one attached hydrogen (secondary N) is 1. The van der Waals surface area contributed by atoms with Crippen LogP contribution < -0.4 is 16.5 Å². The van der Waals surface area contributed by atoms with Crippen LogP contribution in [-0.2, 0) is 0 Å². The van der Waals surface area contributed by atoms with Gasteiger partial charge in [0.25, 0.3) is 11.1 Å². The van der Waals surface area contributed by atoms with Crippen LogP contribution in [0, 0.1) is 13.8 Å². The number of fused-ring (bicyclic) bond motifs is 2. The predicted molar refractivity (Wildman–Crippen MR) is 97.2 cm³/mol. The van der Waals surface area contributed by atoms with Gasteiger partial charge in [-0.25, -0.2) is 9.38 Å². The van der Waals surface area contributed by atoms with Gasteiger partial charge in [0.1, 0.15) is 10.2 Å². The molecular formula is C17H12ClN3O2S. The van der Waals surface area contributed by atoms with Crippen LogP contribution in [0.3, 0.4) is 0 Å². The number of benzene rings is 1. The third-order valence-corrected chi connectivity index (χ3v) is 5.43. The molecule has 0 amide bonds. The van der Waals surface area contributed by atoms with Crippen LogP contribution in [0.4, 0.5) is 0 Å². The van der Waals surface area contributed by atoms with Gasteiger partial charge >= 0.3 is 0 Å². The Hall–Kier alpha value is -2.44. The number of aromatic nitrogens is 3. The SMILES string of the molecule is Cc1sc2nc3[nH]c(=O)/c(=C/c4ccc(Cl)cc4)n3c(=O)c2c1C. The van der Waals surface area contributed by atoms with E-state index in [1.54, 1.807) is 30.3 Å². The molecule has 0 aliphatic heterocycles. The lowest BCUT2D eigenvalue weighted by molar-refractivity contribution is 1.05. The van der Waals surface area contributed by atoms with Crippen LogP contribution in [0.5, 0.6) is 0 Å². The zero-order valence-electron chi connectivity index (χ0n) is 12.9. The molecule has 7 heteroatoms. The minimum absolute atomic E-state index is 0.226. The number of imidazole rings is 1. The Balaban J connectivity index is 2.15. The van der Waals surface area contributed by atoms with Gasteiger partial charge in [0.15, 0.2) is 0 Å². The number of thiophene rings is 1. The Labute approximate surface area is 144 Å². The fourth-order valence-electron chi connectivity index (χ4n) is 2.72. The molecule has 0 unspecified atom stereocenters. The van der Waals surface area contributed by atoms with Crippen molar-refractivity contribution >= 4 is 45.0 Å². The fraction of sp³-hybridized carbons (Fsp3) is 0.118. The molecule has 0 fully saturated rings. The summed E-state index contributed by atoms with van der Waals surface area (Å²) in [6.07, 6.45) is 1.66. The lowest BCUT2D eigenvalue weighted by Crippen LogP contribution is -2.32. The van der Waals surface area contributed by atoms with Crippen LogP contribution in [0.25, 0.3) is 22.1 Å². The second kappa shape index (κ2) is 5.29. The van der Waals surface area contributed by atoms with Crippen molar-refractivity contribution in [3.05, 3.63) is 71.3 Å². The summed E-state index contributed by atoms with van der Waals surface area (Å²) in [5.41, 5.74) is 1.12. The molecule has 3 aromatic heterocycles. The van der Waals surface area contributed by atoms with Gasteiger partial charge in [-0.15, -0.1) is 11.3 Å². The second-order valence-corrected chi connectivity index (χ2v) is 7.21. The molecule has 4 aromatic rings. The summed E-state index contributed by atoms with van der Waals surface area (Å²) in [5, 5.41) is 1.44. The molecule has 5 nitrogen and oxygen atoms in total. The summed E-state index contributed by atoms with van der Waals surface area (Å²) in [6.45, 7) is 3.86. The molecule has 24 heavy (non-hydrogen) atoms. The van der Waals surface area contributed by atoms with Crippen molar-refractivity contribution in [1.82, 2.24) is 14.4 Å². The summed E-state index contributed by atoms with van der Waals surface area (Å²) in [6, 6.07) is 7.05. The number of hydrogen-bond donors (Lipinski definition) is 1. The molecule has 0 atom stereocenters. The molecule has 0 saturated heterocycles. The van der Waals surface area contributed by atoms with Gasteiger partial charge in [0.2, 0.25) is 5.78 Å². The minimum atomic E-state index is -0.346. The van der Waals surface area contributed by atoms with Crippen molar-refractivity contribution in [1.29, 1.82) is 0 Å². The number of nitrogens with zero attached hydrogens (tertiary/aromatic N) is 2. The number of rotatable bonds is 1. The molecule has 0 radical (unpaired) electrons. The Morgan fingerprint density at radius 3 is 2.62 bits per heavy atom. The van der Waals surface area contributed by atoms with Crippen molar-refractivity contribution < 1.29 is 0 Å². The van der Waals surface area contributed by atoms with E-state index in [-0.39, 0.29) is 22.2 Å². The number of H-pyrrole nitrogens is 1. The van der Waals surface area contributed by atoms with Crippen LogP contribution in [0.15, 0.2) is 33.9 Å². The normalized spacial score (nSPS) is 12.5. The standard InChI is InChI=1S/C17H12ClN3O2S/c1-8-9(2)24-15-13(8)16(23)21-12(14(22)19-17(21)20-15)7-10-3-5-11(18)6-4-10/h3-7H,1-2H3,(H,19,20,22)/b12-7-. The van der Waals surface area contributed by atoms with E-state index in [9.17, 15) is 9.59 Å². The van der Waals surface area contributed by atoms with Crippen LogP contribution >= 0.6 is 22.9 Å². The summed E-state index contributed by atoms with van der Waals surface area (Å²) >= 11 is 7.34. The fourth-order valence-corrected chi connectivity index (χ4v) is 3.86. The first-order valence-electron chi connectivity index (χ1n) is 7.27. The molecule has 0 bridgehead atoms. The van der Waals surface area contributed by atoms with E-state index in [1.807, 2.05) is 13.8 Å². The van der Waals surface area contributed by atoms with E-state index in [2.05, 4.69) is 9.97 Å². The van der Waals surface area contributed by atoms with Gasteiger partial charge in [-0.1, -0.05) is 23.7 Å². The maximum Gasteiger partial charge on any atom is 0.275 e. The monoisotopic (exact) mass is 357 g/mol. The van der Waals surface area contributed by atoms with Crippen molar-refractivity contribution in [2.24, 2.45) is 0 Å². The highest BCUT2D eigenvalue weighted by molar-refractivity contribution is 7.18. The molecule has 3 heterocycles. The third-order valence-electron chi connectivity index (χ3n) is 4.08. The quantitative estimate of drug-likeness (QED) is 0.569. The highest BCUT2D eigenvalue weighted by atomic mass is 35.5. The van der Waals surface area contributed by atoms with Crippen molar-refractivity contribution in [2.45, 2.75) is 13.8 Å². The predicted octanol–water partition coefficient (Wildman–Crippen LogP) is 2.42. The number of aryl methyl sites for hydroxylation is 2. The van der Waals surface area contributed by atoms with E-state index in [4.69, 9.17) is 11.6 Å². The molecule has 120 valence electrons. The van der Waals surface area contributed by atoms with Crippen LogP contribution in [0.1, 0.15) is 16.0 Å². The first kappa shape index (κ1) is 15.1. The Morgan fingerprint density at radius 1 is 1.21 bits per heavy atom. The summed E-state index contributed by atoms with van der Waals surface area (Å²) in [4.78, 5) is 34.0. The van der Waals surface area contributed by atoms with Crippen molar-refractivity contribution in [3.8, 4) is 0 Å². The van der Waals surface area contributed by atoms with E-state index in [0.29, 0.717) is 15.2 Å². The van der Waals surface area contributed by atoms with Crippen LogP contribution in [0.2, 0.25) is 5.02 Å². The number of aromatic amines is 1. The highest BCUT2D eigenvalue weighted by Crippen LogP contribution is 2.25. The topological polar surface area (TPSA) is 67.2 Å². The van der Waals surface area contributed by atoms with Crippen molar-refractivity contribution in [3.63, 3.8) is 0 Å². The second-order valence-electron chi connectivity index (χ2n) is 5.57. The molecule has 0 aliphatic carbocycles. The van der Waals surface area contributed by atoms with E-state index in [0.717, 1.165) is 16.0 Å². The molecule has 0 aliphatic rings. The van der Waals surface area contributed by atoms with Crippen LogP contribution in [-0.4, -0.2) is 14.4 Å². The molecule has 0 spiro atoms. The van der Waals surface area contributed by atoms with Crippen molar-refractivity contribution in [2.75, 3.05) is 0 Å². The lowest BCUT2D eigenvalue weighted by Gasteiger charge is -1.96. The van der Waals surface area contributed by atoms with Gasteiger partial charge in [-0.3, -0.25) is 14.6 Å². The maximum absolute atomic E-state index is 12.9. The Morgan fingerprint density at radius 2 is 1.92 bits per heavy atom. The van der Waals surface area contributed by atoms with Gasteiger partial charge in [-0.2, -0.15) is 0 Å². The molecule has 0 saturated carbocycles. The largest absolute Gasteiger partial charge is 0.290 e. The Bertz CT molecular complexity index is 1270. The number of hydrogen-bond acceptors (Lipinski definition) is 4. The van der Waals surface area contributed by atoms with Gasteiger partial charge in [0, 0.05) is 9.90 Å². The maximum atomic E-state index is 12.9. The van der Waals surface area contributed by atoms with Gasteiger partial charge in [-0.05, 0) is 43.2 Å². The third kappa shape index (κ3) is 2.18. The molecular weight excluding hydrogens is 346 g/mol. The highest BCUT2D eigenvalue weighted by Gasteiger charge is 2.15. The average molecular weight is 358 g/mol. The zero-order valence-corrected chi connectivity index (χ0v) is 14.5. The zero-order chi connectivity index (χ0) is 17.0. The number of halogens is 1. The van der Waals surface area contributed by atoms with E-state index >= 15 is 0 Å².